The Morgan fingerprint density at radius 3 is 1.63 bits per heavy atom. The fourth-order valence-corrected chi connectivity index (χ4v) is 4.04. The molecule has 0 unspecified atom stereocenters. The Labute approximate surface area is 178 Å². The highest BCUT2D eigenvalue weighted by Gasteiger charge is 2.28. The number of primary sulfonamides is 1. The van der Waals surface area contributed by atoms with E-state index in [1.165, 1.54) is 7.11 Å². The third-order valence-electron chi connectivity index (χ3n) is 4.23. The van der Waals surface area contributed by atoms with E-state index in [0.29, 0.717) is 0 Å². The van der Waals surface area contributed by atoms with Crippen LogP contribution in [0.5, 0.6) is 5.75 Å². The summed E-state index contributed by atoms with van der Waals surface area (Å²) < 4.78 is 85.4. The van der Waals surface area contributed by atoms with Crippen LogP contribution in [0.3, 0.4) is 0 Å². The lowest BCUT2D eigenvalue weighted by Crippen LogP contribution is -2.11. The minimum atomic E-state index is -4.07. The molecule has 3 aromatic carbocycles. The summed E-state index contributed by atoms with van der Waals surface area (Å²) in [6.45, 7) is 0. The summed E-state index contributed by atoms with van der Waals surface area (Å²) in [6, 6.07) is 6.46. The van der Waals surface area contributed by atoms with E-state index in [4.69, 9.17) is 33.1 Å². The lowest BCUT2D eigenvalue weighted by atomic mass is 9.93. The summed E-state index contributed by atoms with van der Waals surface area (Å²) >= 11 is 12.1. The van der Waals surface area contributed by atoms with Crippen molar-refractivity contribution in [2.45, 2.75) is 4.90 Å². The minimum Gasteiger partial charge on any atom is -0.494 e. The summed E-state index contributed by atoms with van der Waals surface area (Å²) in [5, 5.41) is 4.85. The van der Waals surface area contributed by atoms with Gasteiger partial charge < -0.3 is 4.74 Å². The van der Waals surface area contributed by atoms with Crippen LogP contribution >= 0.6 is 23.2 Å². The molecular formula is C19H11Cl2F4NO3S. The molecule has 0 heterocycles. The highest BCUT2D eigenvalue weighted by Crippen LogP contribution is 2.43. The van der Waals surface area contributed by atoms with Crippen LogP contribution in [0.25, 0.3) is 22.3 Å². The smallest absolute Gasteiger partial charge is 0.238 e. The van der Waals surface area contributed by atoms with Crippen LogP contribution in [-0.2, 0) is 10.0 Å². The van der Waals surface area contributed by atoms with Gasteiger partial charge in [0.2, 0.25) is 10.0 Å². The molecule has 3 rings (SSSR count). The average molecular weight is 480 g/mol. The van der Waals surface area contributed by atoms with Crippen molar-refractivity contribution in [3.8, 4) is 28.0 Å². The summed E-state index contributed by atoms with van der Waals surface area (Å²) in [7, 11) is -2.79. The molecule has 0 spiro atoms. The molecule has 30 heavy (non-hydrogen) atoms. The van der Waals surface area contributed by atoms with Gasteiger partial charge in [-0.1, -0.05) is 35.3 Å². The van der Waals surface area contributed by atoms with Gasteiger partial charge in [-0.3, -0.25) is 0 Å². The third-order valence-corrected chi connectivity index (χ3v) is 5.72. The zero-order valence-electron chi connectivity index (χ0n) is 14.9. The molecule has 0 atom stereocenters. The molecule has 4 nitrogen and oxygen atoms in total. The van der Waals surface area contributed by atoms with Gasteiger partial charge in [-0.2, -0.15) is 0 Å². The maximum atomic E-state index is 14.8. The zero-order valence-corrected chi connectivity index (χ0v) is 17.3. The lowest BCUT2D eigenvalue weighted by molar-refractivity contribution is 0.412. The van der Waals surface area contributed by atoms with E-state index in [0.717, 1.165) is 36.4 Å². The van der Waals surface area contributed by atoms with E-state index in [1.807, 2.05) is 0 Å². The van der Waals surface area contributed by atoms with Crippen molar-refractivity contribution < 1.29 is 30.7 Å². The monoisotopic (exact) mass is 479 g/mol. The van der Waals surface area contributed by atoms with E-state index >= 15 is 0 Å². The summed E-state index contributed by atoms with van der Waals surface area (Å²) in [5.74, 6) is -7.39. The quantitative estimate of drug-likeness (QED) is 0.303. The van der Waals surface area contributed by atoms with Crippen molar-refractivity contribution in [3.05, 3.63) is 69.7 Å². The maximum Gasteiger partial charge on any atom is 0.238 e. The fourth-order valence-electron chi connectivity index (χ4n) is 2.88. The van der Waals surface area contributed by atoms with E-state index in [-0.39, 0.29) is 31.8 Å². The molecule has 11 heteroatoms. The molecule has 0 aliphatic rings. The lowest BCUT2D eigenvalue weighted by Gasteiger charge is -2.16. The molecule has 0 amide bonds. The first-order valence-electron chi connectivity index (χ1n) is 8.00. The normalized spacial score (nSPS) is 11.6. The number of hydrogen-bond donors (Lipinski definition) is 1. The highest BCUT2D eigenvalue weighted by atomic mass is 35.5. The Bertz CT molecular complexity index is 1240. The van der Waals surface area contributed by atoms with Gasteiger partial charge >= 0.3 is 0 Å². The largest absolute Gasteiger partial charge is 0.494 e. The van der Waals surface area contributed by atoms with Crippen molar-refractivity contribution in [3.63, 3.8) is 0 Å². The molecule has 2 N–H and O–H groups in total. The van der Waals surface area contributed by atoms with Crippen LogP contribution < -0.4 is 9.88 Å². The Kier molecular flexibility index (Phi) is 6.01. The third kappa shape index (κ3) is 3.85. The van der Waals surface area contributed by atoms with Crippen LogP contribution in [-0.4, -0.2) is 15.5 Å². The van der Waals surface area contributed by atoms with Gasteiger partial charge in [0.25, 0.3) is 0 Å². The van der Waals surface area contributed by atoms with E-state index in [1.54, 1.807) is 0 Å². The van der Waals surface area contributed by atoms with Gasteiger partial charge in [0.15, 0.2) is 29.0 Å². The Balaban J connectivity index is 2.37. The second kappa shape index (κ2) is 8.07. The van der Waals surface area contributed by atoms with Gasteiger partial charge in [-0.25, -0.2) is 31.1 Å². The molecule has 0 saturated carbocycles. The van der Waals surface area contributed by atoms with Crippen LogP contribution in [0.4, 0.5) is 17.6 Å². The molecule has 0 fully saturated rings. The number of nitrogens with two attached hydrogens (primary N) is 1. The van der Waals surface area contributed by atoms with E-state index < -0.39 is 44.4 Å². The van der Waals surface area contributed by atoms with E-state index in [9.17, 15) is 26.0 Å². The molecular weight excluding hydrogens is 469 g/mol. The maximum absolute atomic E-state index is 14.8. The van der Waals surface area contributed by atoms with E-state index in [2.05, 4.69) is 0 Å². The zero-order chi connectivity index (χ0) is 22.4. The molecule has 0 saturated heterocycles. The van der Waals surface area contributed by atoms with Gasteiger partial charge in [0.1, 0.15) is 0 Å². The van der Waals surface area contributed by atoms with Crippen molar-refractivity contribution in [1.29, 1.82) is 0 Å². The first kappa shape index (κ1) is 22.4. The average Bonchev–Trinajstić information content (AvgIpc) is 2.68. The van der Waals surface area contributed by atoms with Crippen LogP contribution in [0.15, 0.2) is 41.3 Å². The van der Waals surface area contributed by atoms with Crippen LogP contribution in [0.1, 0.15) is 0 Å². The van der Waals surface area contributed by atoms with Crippen molar-refractivity contribution >= 4 is 33.2 Å². The molecule has 0 aromatic heterocycles. The minimum absolute atomic E-state index is 0.0459. The standard InChI is InChI=1S/C19H11Cl2F4NO3S/c1-29-19-11(20)6-9(7-12(19)21)14-13(15(22)17(24)18(25)16(14)23)8-2-4-10(5-3-8)30(26,27)28/h2-7H,1H3,(H2,26,27,28). The number of hydrogen-bond acceptors (Lipinski definition) is 3. The predicted molar refractivity (Wildman–Crippen MR) is 105 cm³/mol. The second-order valence-corrected chi connectivity index (χ2v) is 8.42. The topological polar surface area (TPSA) is 69.4 Å². The first-order chi connectivity index (χ1) is 14.0. The van der Waals surface area contributed by atoms with Gasteiger partial charge in [-0.15, -0.1) is 0 Å². The Hall–Kier alpha value is -2.33. The second-order valence-electron chi connectivity index (χ2n) is 6.05. The number of halogens is 6. The summed E-state index contributed by atoms with van der Waals surface area (Å²) in [4.78, 5) is -0.313. The van der Waals surface area contributed by atoms with Crippen LogP contribution in [0.2, 0.25) is 10.0 Å². The molecule has 3 aromatic rings. The Morgan fingerprint density at radius 1 is 0.800 bits per heavy atom. The van der Waals surface area contributed by atoms with Crippen LogP contribution in [0, 0.1) is 23.3 Å². The van der Waals surface area contributed by atoms with Crippen molar-refractivity contribution in [2.24, 2.45) is 5.14 Å². The molecule has 0 aliphatic carbocycles. The van der Waals surface area contributed by atoms with Gasteiger partial charge in [0.05, 0.1) is 22.1 Å². The molecule has 158 valence electrons. The summed E-state index contributed by atoms with van der Waals surface area (Å²) in [5.41, 5.74) is -1.63. The number of methoxy groups -OCH3 is 1. The Morgan fingerprint density at radius 2 is 1.23 bits per heavy atom. The summed E-state index contributed by atoms with van der Waals surface area (Å²) in [6.07, 6.45) is 0. The molecule has 0 bridgehead atoms. The van der Waals surface area contributed by atoms with Crippen molar-refractivity contribution in [1.82, 2.24) is 0 Å². The number of rotatable bonds is 4. The number of benzene rings is 3. The first-order valence-corrected chi connectivity index (χ1v) is 10.3. The number of ether oxygens (including phenoxy) is 1. The fraction of sp³-hybridized carbons (Fsp3) is 0.0526. The van der Waals surface area contributed by atoms with Gasteiger partial charge in [0, 0.05) is 11.1 Å². The van der Waals surface area contributed by atoms with Crippen molar-refractivity contribution in [2.75, 3.05) is 7.11 Å². The molecule has 0 radical (unpaired) electrons. The number of sulfonamides is 1. The molecule has 0 aliphatic heterocycles. The predicted octanol–water partition coefficient (Wildman–Crippen LogP) is 5.54. The SMILES string of the molecule is COc1c(Cl)cc(-c2c(F)c(F)c(F)c(F)c2-c2ccc(S(N)(=O)=O)cc2)cc1Cl. The van der Waals surface area contributed by atoms with Gasteiger partial charge in [-0.05, 0) is 35.4 Å². The highest BCUT2D eigenvalue weighted by molar-refractivity contribution is 7.89.